The van der Waals surface area contributed by atoms with Crippen LogP contribution in [-0.2, 0) is 0 Å². The first-order chi connectivity index (χ1) is 9.06. The number of phenolic OH excluding ortho intramolecular Hbond substituents is 1. The molecule has 0 aliphatic heterocycles. The topological polar surface area (TPSA) is 49.3 Å². The molecule has 0 atom stereocenters. The number of amides is 1. The molecule has 0 unspecified atom stereocenters. The van der Waals surface area contributed by atoms with Gasteiger partial charge in [-0.05, 0) is 41.8 Å². The van der Waals surface area contributed by atoms with Crippen LogP contribution in [0.2, 0.25) is 0 Å². The van der Waals surface area contributed by atoms with E-state index >= 15 is 0 Å². The number of carbonyl (C=O) groups is 1. The maximum absolute atomic E-state index is 12.0. The van der Waals surface area contributed by atoms with Crippen LogP contribution in [0.5, 0.6) is 5.75 Å². The van der Waals surface area contributed by atoms with Crippen LogP contribution < -0.4 is 5.32 Å². The predicted octanol–water partition coefficient (Wildman–Crippen LogP) is 3.77. The molecule has 0 saturated carbocycles. The minimum atomic E-state index is -0.225. The third kappa shape index (κ3) is 3.35. The molecule has 2 aromatic carbocycles. The summed E-state index contributed by atoms with van der Waals surface area (Å²) in [4.78, 5) is 12.0. The maximum atomic E-state index is 12.0. The summed E-state index contributed by atoms with van der Waals surface area (Å²) in [6.07, 6.45) is 0. The largest absolute Gasteiger partial charge is 0.508 e. The number of hydrogen-bond acceptors (Lipinski definition) is 2. The van der Waals surface area contributed by atoms with E-state index in [1.165, 1.54) is 17.7 Å². The molecule has 0 spiro atoms. The first-order valence-corrected chi connectivity index (χ1v) is 6.26. The summed E-state index contributed by atoms with van der Waals surface area (Å²) in [5.74, 6) is 0.276. The SMILES string of the molecule is CC(C)c1cccc(NC(=O)c2cccc(O)c2)c1. The second kappa shape index (κ2) is 5.57. The van der Waals surface area contributed by atoms with E-state index in [0.29, 0.717) is 11.5 Å². The Balaban J connectivity index is 2.17. The van der Waals surface area contributed by atoms with Crippen molar-refractivity contribution in [1.29, 1.82) is 0 Å². The van der Waals surface area contributed by atoms with Crippen LogP contribution in [0.1, 0.15) is 35.7 Å². The van der Waals surface area contributed by atoms with Crippen LogP contribution >= 0.6 is 0 Å². The van der Waals surface area contributed by atoms with Gasteiger partial charge in [0, 0.05) is 11.3 Å². The summed E-state index contributed by atoms with van der Waals surface area (Å²) in [5, 5.41) is 12.2. The highest BCUT2D eigenvalue weighted by atomic mass is 16.3. The molecule has 3 nitrogen and oxygen atoms in total. The maximum Gasteiger partial charge on any atom is 0.255 e. The first kappa shape index (κ1) is 13.1. The van der Waals surface area contributed by atoms with Crippen molar-refractivity contribution in [3.05, 3.63) is 59.7 Å². The number of phenols is 1. The van der Waals surface area contributed by atoms with Crippen molar-refractivity contribution in [3.8, 4) is 5.75 Å². The third-order valence-electron chi connectivity index (χ3n) is 2.92. The number of hydrogen-bond donors (Lipinski definition) is 2. The van der Waals surface area contributed by atoms with Crippen LogP contribution in [-0.4, -0.2) is 11.0 Å². The lowest BCUT2D eigenvalue weighted by Gasteiger charge is -2.09. The van der Waals surface area contributed by atoms with E-state index in [9.17, 15) is 9.90 Å². The smallest absolute Gasteiger partial charge is 0.255 e. The van der Waals surface area contributed by atoms with E-state index in [0.717, 1.165) is 5.69 Å². The Morgan fingerprint density at radius 3 is 2.53 bits per heavy atom. The summed E-state index contributed by atoms with van der Waals surface area (Å²) in [6.45, 7) is 4.21. The zero-order valence-electron chi connectivity index (χ0n) is 11.1. The van der Waals surface area contributed by atoms with Crippen molar-refractivity contribution < 1.29 is 9.90 Å². The highest BCUT2D eigenvalue weighted by Crippen LogP contribution is 2.19. The lowest BCUT2D eigenvalue weighted by molar-refractivity contribution is 0.102. The molecule has 1 amide bonds. The van der Waals surface area contributed by atoms with Gasteiger partial charge in [0.2, 0.25) is 0 Å². The quantitative estimate of drug-likeness (QED) is 0.877. The number of rotatable bonds is 3. The molecule has 0 radical (unpaired) electrons. The molecule has 2 rings (SSSR count). The van der Waals surface area contributed by atoms with Crippen molar-refractivity contribution in [2.75, 3.05) is 5.32 Å². The van der Waals surface area contributed by atoms with Crippen LogP contribution in [0, 0.1) is 0 Å². The molecule has 3 heteroatoms. The van der Waals surface area contributed by atoms with Crippen LogP contribution in [0.15, 0.2) is 48.5 Å². The minimum Gasteiger partial charge on any atom is -0.508 e. The number of benzene rings is 2. The van der Waals surface area contributed by atoms with Crippen LogP contribution in [0.25, 0.3) is 0 Å². The summed E-state index contributed by atoms with van der Waals surface area (Å²) in [6, 6.07) is 14.1. The fourth-order valence-corrected chi connectivity index (χ4v) is 1.83. The van der Waals surface area contributed by atoms with Crippen LogP contribution in [0.3, 0.4) is 0 Å². The Labute approximate surface area is 112 Å². The van der Waals surface area contributed by atoms with E-state index in [4.69, 9.17) is 0 Å². The Morgan fingerprint density at radius 1 is 1.11 bits per heavy atom. The van der Waals surface area contributed by atoms with E-state index in [1.54, 1.807) is 12.1 Å². The van der Waals surface area contributed by atoms with Crippen molar-refractivity contribution in [2.24, 2.45) is 0 Å². The molecule has 0 heterocycles. The van der Waals surface area contributed by atoms with Gasteiger partial charge in [0.25, 0.3) is 5.91 Å². The molecular weight excluding hydrogens is 238 g/mol. The molecule has 0 fully saturated rings. The number of carbonyl (C=O) groups excluding carboxylic acids is 1. The summed E-state index contributed by atoms with van der Waals surface area (Å²) >= 11 is 0. The number of nitrogens with one attached hydrogen (secondary N) is 1. The van der Waals surface area contributed by atoms with Gasteiger partial charge in [0.1, 0.15) is 5.75 Å². The van der Waals surface area contributed by atoms with Gasteiger partial charge in [-0.1, -0.05) is 32.0 Å². The van der Waals surface area contributed by atoms with E-state index in [-0.39, 0.29) is 11.7 Å². The third-order valence-corrected chi connectivity index (χ3v) is 2.92. The molecule has 98 valence electrons. The highest BCUT2D eigenvalue weighted by Gasteiger charge is 2.07. The van der Waals surface area contributed by atoms with Gasteiger partial charge < -0.3 is 10.4 Å². The Morgan fingerprint density at radius 2 is 1.84 bits per heavy atom. The monoisotopic (exact) mass is 255 g/mol. The van der Waals surface area contributed by atoms with Crippen molar-refractivity contribution in [3.63, 3.8) is 0 Å². The average molecular weight is 255 g/mol. The summed E-state index contributed by atoms with van der Waals surface area (Å²) < 4.78 is 0. The van der Waals surface area contributed by atoms with Gasteiger partial charge in [0.05, 0.1) is 0 Å². The van der Waals surface area contributed by atoms with E-state index in [2.05, 4.69) is 19.2 Å². The number of anilines is 1. The highest BCUT2D eigenvalue weighted by molar-refractivity contribution is 6.04. The second-order valence-corrected chi connectivity index (χ2v) is 4.78. The van der Waals surface area contributed by atoms with Crippen molar-refractivity contribution in [2.45, 2.75) is 19.8 Å². The summed E-state index contributed by atoms with van der Waals surface area (Å²) in [7, 11) is 0. The second-order valence-electron chi connectivity index (χ2n) is 4.78. The van der Waals surface area contributed by atoms with Gasteiger partial charge >= 0.3 is 0 Å². The zero-order chi connectivity index (χ0) is 13.8. The number of aromatic hydroxyl groups is 1. The molecule has 0 aliphatic carbocycles. The lowest BCUT2D eigenvalue weighted by Crippen LogP contribution is -2.11. The normalized spacial score (nSPS) is 10.5. The molecule has 0 bridgehead atoms. The van der Waals surface area contributed by atoms with E-state index < -0.39 is 0 Å². The Bertz CT molecular complexity index is 591. The molecule has 0 aromatic heterocycles. The Hall–Kier alpha value is -2.29. The standard InChI is InChI=1S/C16H17NO2/c1-11(2)12-5-3-7-14(9-12)17-16(19)13-6-4-8-15(18)10-13/h3-11,18H,1-2H3,(H,17,19). The van der Waals surface area contributed by atoms with Crippen molar-refractivity contribution >= 4 is 11.6 Å². The van der Waals surface area contributed by atoms with Crippen molar-refractivity contribution in [1.82, 2.24) is 0 Å². The van der Waals surface area contributed by atoms with Gasteiger partial charge in [0.15, 0.2) is 0 Å². The fourth-order valence-electron chi connectivity index (χ4n) is 1.83. The van der Waals surface area contributed by atoms with Gasteiger partial charge in [-0.2, -0.15) is 0 Å². The lowest BCUT2D eigenvalue weighted by atomic mass is 10.0. The predicted molar refractivity (Wildman–Crippen MR) is 76.6 cm³/mol. The molecule has 0 aliphatic rings. The summed E-state index contributed by atoms with van der Waals surface area (Å²) in [5.41, 5.74) is 2.38. The molecule has 2 aromatic rings. The van der Waals surface area contributed by atoms with Gasteiger partial charge in [-0.3, -0.25) is 4.79 Å². The van der Waals surface area contributed by atoms with Gasteiger partial charge in [-0.25, -0.2) is 0 Å². The molecule has 2 N–H and O–H groups in total. The molecular formula is C16H17NO2. The zero-order valence-corrected chi connectivity index (χ0v) is 11.1. The van der Waals surface area contributed by atoms with E-state index in [1.807, 2.05) is 24.3 Å². The molecule has 0 saturated heterocycles. The minimum absolute atomic E-state index is 0.0866. The molecule has 19 heavy (non-hydrogen) atoms. The first-order valence-electron chi connectivity index (χ1n) is 6.26. The van der Waals surface area contributed by atoms with Gasteiger partial charge in [-0.15, -0.1) is 0 Å². The Kier molecular flexibility index (Phi) is 3.85. The van der Waals surface area contributed by atoms with Crippen LogP contribution in [0.4, 0.5) is 5.69 Å². The fraction of sp³-hybridized carbons (Fsp3) is 0.188. The average Bonchev–Trinajstić information content (AvgIpc) is 2.39.